The van der Waals surface area contributed by atoms with Crippen molar-refractivity contribution in [2.45, 2.75) is 32.4 Å². The van der Waals surface area contributed by atoms with Gasteiger partial charge in [-0.3, -0.25) is 14.9 Å². The van der Waals surface area contributed by atoms with Crippen molar-refractivity contribution in [3.05, 3.63) is 23.9 Å². The summed E-state index contributed by atoms with van der Waals surface area (Å²) in [6, 6.07) is 3.44. The quantitative estimate of drug-likeness (QED) is 0.754. The van der Waals surface area contributed by atoms with Crippen molar-refractivity contribution < 1.29 is 14.7 Å². The van der Waals surface area contributed by atoms with Crippen molar-refractivity contribution in [1.82, 2.24) is 10.3 Å². The van der Waals surface area contributed by atoms with E-state index < -0.39 is 11.6 Å². The van der Waals surface area contributed by atoms with Crippen molar-refractivity contribution in [2.24, 2.45) is 0 Å². The molecule has 0 bridgehead atoms. The second-order valence-corrected chi connectivity index (χ2v) is 5.15. The normalized spacial score (nSPS) is 20.1. The Labute approximate surface area is 111 Å². The van der Waals surface area contributed by atoms with Crippen molar-refractivity contribution >= 4 is 17.6 Å². The van der Waals surface area contributed by atoms with Crippen molar-refractivity contribution in [3.8, 4) is 0 Å². The SMILES string of the molecule is C[C@@H](O)c1ccc(N2CC(=O)NC(=O)C2(C)C)nc1. The van der Waals surface area contributed by atoms with Gasteiger partial charge in [-0.05, 0) is 32.4 Å². The molecular formula is C13H17N3O3. The number of aliphatic hydroxyl groups is 1. The molecule has 19 heavy (non-hydrogen) atoms. The lowest BCUT2D eigenvalue weighted by atomic mass is 9.98. The molecule has 0 aromatic carbocycles. The fourth-order valence-corrected chi connectivity index (χ4v) is 1.95. The Balaban J connectivity index is 2.33. The highest BCUT2D eigenvalue weighted by Crippen LogP contribution is 2.25. The van der Waals surface area contributed by atoms with E-state index >= 15 is 0 Å². The van der Waals surface area contributed by atoms with Crippen LogP contribution in [0.2, 0.25) is 0 Å². The van der Waals surface area contributed by atoms with Gasteiger partial charge in [-0.15, -0.1) is 0 Å². The number of aromatic nitrogens is 1. The third-order valence-corrected chi connectivity index (χ3v) is 3.31. The van der Waals surface area contributed by atoms with Crippen molar-refractivity contribution in [1.29, 1.82) is 0 Å². The van der Waals surface area contributed by atoms with Crippen LogP contribution in [0, 0.1) is 0 Å². The van der Waals surface area contributed by atoms with Crippen LogP contribution in [0.4, 0.5) is 5.82 Å². The largest absolute Gasteiger partial charge is 0.389 e. The second-order valence-electron chi connectivity index (χ2n) is 5.15. The third-order valence-electron chi connectivity index (χ3n) is 3.31. The summed E-state index contributed by atoms with van der Waals surface area (Å²) in [6.07, 6.45) is 0.952. The molecule has 6 heteroatoms. The monoisotopic (exact) mass is 263 g/mol. The number of hydrogen-bond acceptors (Lipinski definition) is 5. The molecule has 1 saturated heterocycles. The molecule has 1 fully saturated rings. The topological polar surface area (TPSA) is 82.5 Å². The van der Waals surface area contributed by atoms with Crippen molar-refractivity contribution in [2.75, 3.05) is 11.4 Å². The molecule has 2 heterocycles. The maximum absolute atomic E-state index is 11.8. The molecule has 0 aliphatic carbocycles. The van der Waals surface area contributed by atoms with Crippen LogP contribution >= 0.6 is 0 Å². The number of piperazine rings is 1. The summed E-state index contributed by atoms with van der Waals surface area (Å²) in [4.78, 5) is 29.2. The van der Waals surface area contributed by atoms with Gasteiger partial charge in [-0.1, -0.05) is 6.07 Å². The van der Waals surface area contributed by atoms with Crippen LogP contribution in [0.1, 0.15) is 32.4 Å². The Bertz CT molecular complexity index is 508. The predicted octanol–water partition coefficient (Wildman–Crippen LogP) is 0.376. The first-order valence-electron chi connectivity index (χ1n) is 6.08. The molecule has 2 rings (SSSR count). The van der Waals surface area contributed by atoms with Crippen LogP contribution in [0.3, 0.4) is 0 Å². The lowest BCUT2D eigenvalue weighted by Gasteiger charge is -2.40. The number of nitrogens with zero attached hydrogens (tertiary/aromatic N) is 2. The summed E-state index contributed by atoms with van der Waals surface area (Å²) in [7, 11) is 0. The molecule has 1 aliphatic rings. The molecule has 0 radical (unpaired) electrons. The predicted molar refractivity (Wildman–Crippen MR) is 69.4 cm³/mol. The number of imide groups is 1. The Hall–Kier alpha value is -1.95. The number of amides is 2. The summed E-state index contributed by atoms with van der Waals surface area (Å²) < 4.78 is 0. The average molecular weight is 263 g/mol. The zero-order valence-corrected chi connectivity index (χ0v) is 11.2. The molecule has 1 atom stereocenters. The Morgan fingerprint density at radius 3 is 2.63 bits per heavy atom. The van der Waals surface area contributed by atoms with Crippen molar-refractivity contribution in [3.63, 3.8) is 0 Å². The molecular weight excluding hydrogens is 246 g/mol. The second kappa shape index (κ2) is 4.62. The zero-order valence-electron chi connectivity index (χ0n) is 11.2. The Kier molecular flexibility index (Phi) is 3.28. The van der Waals surface area contributed by atoms with Crippen LogP contribution in [-0.2, 0) is 9.59 Å². The van der Waals surface area contributed by atoms with Crippen LogP contribution in [0.15, 0.2) is 18.3 Å². The standard InChI is InChI=1S/C13H17N3O3/c1-8(17)9-4-5-10(14-6-9)16-7-11(18)15-12(19)13(16,2)3/h4-6,8,17H,7H2,1-3H3,(H,15,18,19)/t8-/m1/s1. The van der Waals surface area contributed by atoms with E-state index in [4.69, 9.17) is 0 Å². The Morgan fingerprint density at radius 1 is 1.42 bits per heavy atom. The van der Waals surface area contributed by atoms with Gasteiger partial charge < -0.3 is 10.0 Å². The first kappa shape index (κ1) is 13.5. The van der Waals surface area contributed by atoms with E-state index in [1.165, 1.54) is 0 Å². The van der Waals surface area contributed by atoms with Crippen LogP contribution in [0.5, 0.6) is 0 Å². The molecule has 1 aromatic heterocycles. The van der Waals surface area contributed by atoms with E-state index in [1.54, 1.807) is 44.0 Å². The van der Waals surface area contributed by atoms with E-state index in [0.717, 1.165) is 0 Å². The van der Waals surface area contributed by atoms with Crippen LogP contribution in [0.25, 0.3) is 0 Å². The highest BCUT2D eigenvalue weighted by Gasteiger charge is 2.41. The van der Waals surface area contributed by atoms with E-state index in [-0.39, 0.29) is 18.4 Å². The summed E-state index contributed by atoms with van der Waals surface area (Å²) in [5.74, 6) is -0.145. The zero-order chi connectivity index (χ0) is 14.2. The van der Waals surface area contributed by atoms with Gasteiger partial charge in [0.2, 0.25) is 5.91 Å². The minimum absolute atomic E-state index is 0.0831. The highest BCUT2D eigenvalue weighted by molar-refractivity contribution is 6.06. The first-order chi connectivity index (χ1) is 8.82. The number of rotatable bonds is 2. The van der Waals surface area contributed by atoms with Gasteiger partial charge in [0.25, 0.3) is 5.91 Å². The highest BCUT2D eigenvalue weighted by atomic mass is 16.3. The minimum Gasteiger partial charge on any atom is -0.389 e. The van der Waals surface area contributed by atoms with E-state index in [1.807, 2.05) is 0 Å². The lowest BCUT2D eigenvalue weighted by molar-refractivity contribution is -0.135. The number of carbonyl (C=O) groups is 2. The average Bonchev–Trinajstić information content (AvgIpc) is 2.34. The smallest absolute Gasteiger partial charge is 0.251 e. The molecule has 1 aromatic rings. The van der Waals surface area contributed by atoms with E-state index in [2.05, 4.69) is 10.3 Å². The van der Waals surface area contributed by atoms with Gasteiger partial charge in [0.15, 0.2) is 0 Å². The van der Waals surface area contributed by atoms with Crippen LogP contribution < -0.4 is 10.2 Å². The van der Waals surface area contributed by atoms with E-state index in [9.17, 15) is 14.7 Å². The molecule has 0 unspecified atom stereocenters. The minimum atomic E-state index is -0.840. The summed E-state index contributed by atoms with van der Waals surface area (Å²) >= 11 is 0. The summed E-state index contributed by atoms with van der Waals surface area (Å²) in [6.45, 7) is 5.20. The van der Waals surface area contributed by atoms with Gasteiger partial charge in [0.1, 0.15) is 11.4 Å². The van der Waals surface area contributed by atoms with Gasteiger partial charge in [-0.25, -0.2) is 4.98 Å². The summed E-state index contributed by atoms with van der Waals surface area (Å²) in [5, 5.41) is 11.8. The van der Waals surface area contributed by atoms with Gasteiger partial charge in [0.05, 0.1) is 12.6 Å². The molecule has 0 saturated carbocycles. The molecule has 6 nitrogen and oxygen atoms in total. The Morgan fingerprint density at radius 2 is 2.11 bits per heavy atom. The molecule has 2 amide bonds. The van der Waals surface area contributed by atoms with Gasteiger partial charge >= 0.3 is 0 Å². The fraction of sp³-hybridized carbons (Fsp3) is 0.462. The van der Waals surface area contributed by atoms with E-state index in [0.29, 0.717) is 11.4 Å². The number of hydrogen-bond donors (Lipinski definition) is 2. The number of carbonyl (C=O) groups excluding carboxylic acids is 2. The fourth-order valence-electron chi connectivity index (χ4n) is 1.95. The maximum atomic E-state index is 11.8. The number of pyridine rings is 1. The van der Waals surface area contributed by atoms with Crippen LogP contribution in [-0.4, -0.2) is 34.0 Å². The van der Waals surface area contributed by atoms with Gasteiger partial charge in [0, 0.05) is 6.20 Å². The maximum Gasteiger partial charge on any atom is 0.251 e. The number of anilines is 1. The third kappa shape index (κ3) is 2.44. The molecule has 102 valence electrons. The summed E-state index contributed by atoms with van der Waals surface area (Å²) in [5.41, 5.74) is -0.151. The molecule has 2 N–H and O–H groups in total. The lowest BCUT2D eigenvalue weighted by Crippen LogP contribution is -2.64. The molecule has 0 spiro atoms. The number of aliphatic hydroxyl groups excluding tert-OH is 1. The molecule has 1 aliphatic heterocycles. The number of nitrogens with one attached hydrogen (secondary N) is 1. The van der Waals surface area contributed by atoms with Gasteiger partial charge in [-0.2, -0.15) is 0 Å². The first-order valence-corrected chi connectivity index (χ1v) is 6.08.